The van der Waals surface area contributed by atoms with Crippen molar-refractivity contribution in [2.45, 2.75) is 39.7 Å². The van der Waals surface area contributed by atoms with Crippen molar-refractivity contribution in [3.63, 3.8) is 0 Å². The maximum atomic E-state index is 11.7. The van der Waals surface area contributed by atoms with Crippen LogP contribution in [0.5, 0.6) is 0 Å². The molecule has 0 aliphatic carbocycles. The smallest absolute Gasteiger partial charge is 0.220 e. The van der Waals surface area contributed by atoms with Crippen LogP contribution in [-0.4, -0.2) is 11.9 Å². The van der Waals surface area contributed by atoms with Crippen LogP contribution in [0, 0.1) is 5.92 Å². The van der Waals surface area contributed by atoms with Gasteiger partial charge < -0.3 is 5.32 Å². The summed E-state index contributed by atoms with van der Waals surface area (Å²) in [6.45, 7) is 6.19. The van der Waals surface area contributed by atoms with Crippen molar-refractivity contribution in [3.8, 4) is 0 Å². The molecule has 1 rings (SSSR count). The van der Waals surface area contributed by atoms with Crippen molar-refractivity contribution in [2.24, 2.45) is 5.92 Å². The molecule has 0 heterocycles. The third kappa shape index (κ3) is 4.87. The highest BCUT2D eigenvalue weighted by Gasteiger charge is 2.10. The summed E-state index contributed by atoms with van der Waals surface area (Å²) in [6, 6.07) is 5.66. The van der Waals surface area contributed by atoms with Crippen LogP contribution in [0.1, 0.15) is 32.8 Å². The number of amides is 1. The molecule has 0 fully saturated rings. The monoisotopic (exact) mass is 287 g/mol. The summed E-state index contributed by atoms with van der Waals surface area (Å²) in [5.41, 5.74) is 1.02. The van der Waals surface area contributed by atoms with Crippen LogP contribution in [0.4, 0.5) is 0 Å². The van der Waals surface area contributed by atoms with E-state index in [4.69, 9.17) is 23.2 Å². The lowest BCUT2D eigenvalue weighted by Gasteiger charge is -2.17. The van der Waals surface area contributed by atoms with E-state index < -0.39 is 0 Å². The molecule has 100 valence electrons. The van der Waals surface area contributed by atoms with Crippen LogP contribution in [0.2, 0.25) is 10.0 Å². The highest BCUT2D eigenvalue weighted by Crippen LogP contribution is 2.23. The van der Waals surface area contributed by atoms with Crippen LogP contribution in [0.25, 0.3) is 0 Å². The first kappa shape index (κ1) is 15.3. The van der Waals surface area contributed by atoms with E-state index in [-0.39, 0.29) is 11.9 Å². The zero-order valence-corrected chi connectivity index (χ0v) is 12.5. The number of rotatable bonds is 5. The number of aryl methyl sites for hydroxylation is 1. The lowest BCUT2D eigenvalue weighted by molar-refractivity contribution is -0.121. The van der Waals surface area contributed by atoms with Crippen molar-refractivity contribution in [1.82, 2.24) is 5.32 Å². The predicted molar refractivity (Wildman–Crippen MR) is 77.2 cm³/mol. The van der Waals surface area contributed by atoms with E-state index in [1.165, 1.54) is 0 Å². The normalized spacial score (nSPS) is 12.6. The summed E-state index contributed by atoms with van der Waals surface area (Å²) in [4.78, 5) is 11.7. The van der Waals surface area contributed by atoms with Crippen LogP contribution >= 0.6 is 23.2 Å². The number of carbonyl (C=O) groups is 1. The van der Waals surface area contributed by atoms with Gasteiger partial charge in [-0.25, -0.2) is 0 Å². The Morgan fingerprint density at radius 1 is 1.22 bits per heavy atom. The Bertz CT molecular complexity index is 418. The molecule has 0 radical (unpaired) electrons. The molecule has 0 aliphatic rings. The Morgan fingerprint density at radius 3 is 2.44 bits per heavy atom. The quantitative estimate of drug-likeness (QED) is 0.868. The third-order valence-electron chi connectivity index (χ3n) is 3.01. The fourth-order valence-electron chi connectivity index (χ4n) is 1.45. The molecule has 0 bridgehead atoms. The first-order valence-electron chi connectivity index (χ1n) is 6.13. The number of carbonyl (C=O) groups excluding carboxylic acids is 1. The summed E-state index contributed by atoms with van der Waals surface area (Å²) in [5.74, 6) is 0.515. The molecule has 1 aromatic rings. The summed E-state index contributed by atoms with van der Waals surface area (Å²) >= 11 is 11.8. The Hall–Kier alpha value is -0.730. The number of hydrogen-bond acceptors (Lipinski definition) is 1. The second-order valence-corrected chi connectivity index (χ2v) is 5.66. The molecule has 0 aliphatic heterocycles. The maximum Gasteiger partial charge on any atom is 0.220 e. The summed E-state index contributed by atoms with van der Waals surface area (Å²) in [5, 5.41) is 4.05. The largest absolute Gasteiger partial charge is 0.353 e. The molecule has 1 amide bonds. The second kappa shape index (κ2) is 7.01. The van der Waals surface area contributed by atoms with Gasteiger partial charge in [-0.05, 0) is 37.0 Å². The number of halogens is 2. The highest BCUT2D eigenvalue weighted by atomic mass is 35.5. The highest BCUT2D eigenvalue weighted by molar-refractivity contribution is 6.42. The topological polar surface area (TPSA) is 29.1 Å². The first-order chi connectivity index (χ1) is 8.40. The van der Waals surface area contributed by atoms with Crippen LogP contribution in [0.3, 0.4) is 0 Å². The molecular weight excluding hydrogens is 269 g/mol. The van der Waals surface area contributed by atoms with Gasteiger partial charge in [0.2, 0.25) is 5.91 Å². The molecule has 1 N–H and O–H groups in total. The van der Waals surface area contributed by atoms with Gasteiger partial charge >= 0.3 is 0 Å². The van der Waals surface area contributed by atoms with E-state index >= 15 is 0 Å². The van der Waals surface area contributed by atoms with Gasteiger partial charge in [-0.15, -0.1) is 0 Å². The lowest BCUT2D eigenvalue weighted by Crippen LogP contribution is -2.36. The minimum atomic E-state index is 0.0715. The molecule has 1 aromatic carbocycles. The molecule has 0 spiro atoms. The van der Waals surface area contributed by atoms with Gasteiger partial charge in [0.1, 0.15) is 0 Å². The fraction of sp³-hybridized carbons (Fsp3) is 0.500. The van der Waals surface area contributed by atoms with E-state index in [0.29, 0.717) is 28.8 Å². The maximum absolute atomic E-state index is 11.7. The predicted octanol–water partition coefficient (Wildman–Crippen LogP) is 4.09. The molecule has 0 saturated heterocycles. The van der Waals surface area contributed by atoms with Gasteiger partial charge in [0.15, 0.2) is 0 Å². The number of hydrogen-bond donors (Lipinski definition) is 1. The molecule has 1 atom stereocenters. The van der Waals surface area contributed by atoms with Gasteiger partial charge in [-0.2, -0.15) is 0 Å². The van der Waals surface area contributed by atoms with Crippen molar-refractivity contribution in [3.05, 3.63) is 33.8 Å². The SMILES string of the molecule is CC(C)[C@@H](C)NC(=O)CCc1ccc(Cl)c(Cl)c1. The Morgan fingerprint density at radius 2 is 1.89 bits per heavy atom. The zero-order valence-electron chi connectivity index (χ0n) is 11.0. The van der Waals surface area contributed by atoms with Gasteiger partial charge in [0.25, 0.3) is 0 Å². The van der Waals surface area contributed by atoms with E-state index in [1.54, 1.807) is 6.07 Å². The van der Waals surface area contributed by atoms with Gasteiger partial charge in [0.05, 0.1) is 10.0 Å². The number of benzene rings is 1. The van der Waals surface area contributed by atoms with E-state index in [9.17, 15) is 4.79 Å². The Kier molecular flexibility index (Phi) is 5.97. The lowest BCUT2D eigenvalue weighted by atomic mass is 10.1. The van der Waals surface area contributed by atoms with Crippen LogP contribution < -0.4 is 5.32 Å². The van der Waals surface area contributed by atoms with Gasteiger partial charge in [-0.3, -0.25) is 4.79 Å². The fourth-order valence-corrected chi connectivity index (χ4v) is 1.77. The van der Waals surface area contributed by atoms with E-state index in [1.807, 2.05) is 19.1 Å². The summed E-state index contributed by atoms with van der Waals surface area (Å²) < 4.78 is 0. The molecule has 0 saturated carbocycles. The average Bonchev–Trinajstić information content (AvgIpc) is 2.30. The Labute approximate surface area is 119 Å². The summed E-state index contributed by atoms with van der Waals surface area (Å²) in [7, 11) is 0. The zero-order chi connectivity index (χ0) is 13.7. The van der Waals surface area contributed by atoms with Crippen molar-refractivity contribution < 1.29 is 4.79 Å². The minimum absolute atomic E-state index is 0.0715. The first-order valence-corrected chi connectivity index (χ1v) is 6.89. The molecule has 4 heteroatoms. The van der Waals surface area contributed by atoms with Crippen molar-refractivity contribution in [2.75, 3.05) is 0 Å². The van der Waals surface area contributed by atoms with Crippen LogP contribution in [0.15, 0.2) is 18.2 Å². The molecule has 18 heavy (non-hydrogen) atoms. The standard InChI is InChI=1S/C14H19Cl2NO/c1-9(2)10(3)17-14(18)7-5-11-4-6-12(15)13(16)8-11/h4,6,8-10H,5,7H2,1-3H3,(H,17,18)/t10-/m1/s1. The third-order valence-corrected chi connectivity index (χ3v) is 3.75. The molecule has 2 nitrogen and oxygen atoms in total. The van der Waals surface area contributed by atoms with Gasteiger partial charge in [0, 0.05) is 12.5 Å². The minimum Gasteiger partial charge on any atom is -0.353 e. The van der Waals surface area contributed by atoms with Crippen molar-refractivity contribution in [1.29, 1.82) is 0 Å². The average molecular weight is 288 g/mol. The van der Waals surface area contributed by atoms with E-state index in [2.05, 4.69) is 19.2 Å². The molecule has 0 unspecified atom stereocenters. The van der Waals surface area contributed by atoms with Gasteiger partial charge in [-0.1, -0.05) is 43.1 Å². The number of nitrogens with one attached hydrogen (secondary N) is 1. The van der Waals surface area contributed by atoms with E-state index in [0.717, 1.165) is 5.56 Å². The second-order valence-electron chi connectivity index (χ2n) is 4.85. The molecular formula is C14H19Cl2NO. The van der Waals surface area contributed by atoms with Crippen molar-refractivity contribution >= 4 is 29.1 Å². The summed E-state index contributed by atoms with van der Waals surface area (Å²) in [6.07, 6.45) is 1.14. The van der Waals surface area contributed by atoms with Crippen LogP contribution in [-0.2, 0) is 11.2 Å². The Balaban J connectivity index is 2.45. The molecule has 0 aromatic heterocycles.